The Hall–Kier alpha value is -3.80. The summed E-state index contributed by atoms with van der Waals surface area (Å²) in [5.41, 5.74) is 2.50. The van der Waals surface area contributed by atoms with Gasteiger partial charge in [0.2, 0.25) is 5.72 Å². The zero-order valence-corrected chi connectivity index (χ0v) is 17.5. The molecule has 2 heterocycles. The van der Waals surface area contributed by atoms with E-state index in [1.807, 2.05) is 42.5 Å². The number of anilines is 2. The van der Waals surface area contributed by atoms with Crippen LogP contribution in [0.1, 0.15) is 25.0 Å². The molecule has 0 amide bonds. The Morgan fingerprint density at radius 3 is 2.45 bits per heavy atom. The van der Waals surface area contributed by atoms with Crippen LogP contribution in [0.3, 0.4) is 0 Å². The molecule has 6 nitrogen and oxygen atoms in total. The van der Waals surface area contributed by atoms with Crippen LogP contribution in [0.15, 0.2) is 72.8 Å². The predicted octanol–water partition coefficient (Wildman–Crippen LogP) is 5.83. The third kappa shape index (κ3) is 2.57. The van der Waals surface area contributed by atoms with Crippen molar-refractivity contribution in [3.8, 4) is 11.5 Å². The molecule has 1 spiro atoms. The highest BCUT2D eigenvalue weighted by molar-refractivity contribution is 5.80. The van der Waals surface area contributed by atoms with Gasteiger partial charge in [-0.3, -0.25) is 15.0 Å². The van der Waals surface area contributed by atoms with E-state index in [9.17, 15) is 10.1 Å². The van der Waals surface area contributed by atoms with E-state index in [2.05, 4.69) is 43.0 Å². The minimum absolute atomic E-state index is 0.0336. The Kier molecular flexibility index (Phi) is 4.09. The fraction of sp³-hybridized carbons (Fsp3) is 0.200. The molecule has 5 rings (SSSR count). The van der Waals surface area contributed by atoms with Crippen LogP contribution in [0.2, 0.25) is 0 Å². The number of rotatable bonds is 3. The van der Waals surface area contributed by atoms with E-state index in [0.29, 0.717) is 17.1 Å². The zero-order valence-electron chi connectivity index (χ0n) is 17.5. The van der Waals surface area contributed by atoms with Gasteiger partial charge >= 0.3 is 0 Å². The van der Waals surface area contributed by atoms with Crippen molar-refractivity contribution >= 4 is 23.1 Å². The maximum atomic E-state index is 11.4. The normalized spacial score (nSPS) is 20.2. The molecule has 31 heavy (non-hydrogen) atoms. The lowest BCUT2D eigenvalue weighted by molar-refractivity contribution is -0.385. The van der Waals surface area contributed by atoms with E-state index in [4.69, 9.17) is 9.47 Å². The number of hydrogen-bond donors (Lipinski definition) is 0. The first kappa shape index (κ1) is 19.2. The fourth-order valence-electron chi connectivity index (χ4n) is 4.70. The smallest absolute Gasteiger partial charge is 0.274 e. The molecule has 0 N–H and O–H groups in total. The molecule has 0 aromatic heterocycles. The number of non-ortho nitro benzene ring substituents is 1. The van der Waals surface area contributed by atoms with Gasteiger partial charge in [-0.05, 0) is 49.8 Å². The summed E-state index contributed by atoms with van der Waals surface area (Å²) in [6.07, 6.45) is 3.91. The first-order valence-electron chi connectivity index (χ1n) is 10.1. The number of fused-ring (bicyclic) bond motifs is 2. The third-order valence-corrected chi connectivity index (χ3v) is 6.31. The average molecular weight is 414 g/mol. The van der Waals surface area contributed by atoms with Crippen molar-refractivity contribution in [1.82, 2.24) is 0 Å². The van der Waals surface area contributed by atoms with E-state index in [0.717, 1.165) is 16.9 Å². The monoisotopic (exact) mass is 414 g/mol. The highest BCUT2D eigenvalue weighted by Crippen LogP contribution is 2.58. The molecular weight excluding hydrogens is 392 g/mol. The van der Waals surface area contributed by atoms with E-state index in [1.165, 1.54) is 19.2 Å². The second-order valence-electron chi connectivity index (χ2n) is 8.27. The van der Waals surface area contributed by atoms with Gasteiger partial charge in [-0.1, -0.05) is 36.4 Å². The number of nitrogens with zero attached hydrogens (tertiary/aromatic N) is 2. The van der Waals surface area contributed by atoms with Crippen molar-refractivity contribution in [3.63, 3.8) is 0 Å². The molecule has 1 unspecified atom stereocenters. The van der Waals surface area contributed by atoms with E-state index < -0.39 is 16.1 Å². The van der Waals surface area contributed by atoms with Crippen LogP contribution in [0, 0.1) is 10.1 Å². The Morgan fingerprint density at radius 2 is 1.74 bits per heavy atom. The number of nitro benzene ring substituents is 1. The molecular formula is C25H22N2O4. The minimum atomic E-state index is -0.881. The van der Waals surface area contributed by atoms with Gasteiger partial charge < -0.3 is 9.47 Å². The van der Waals surface area contributed by atoms with Gasteiger partial charge in [-0.25, -0.2) is 0 Å². The largest absolute Gasteiger partial charge is 0.493 e. The van der Waals surface area contributed by atoms with Gasteiger partial charge in [-0.2, -0.15) is 0 Å². The molecule has 3 aromatic carbocycles. The zero-order chi connectivity index (χ0) is 21.8. The Morgan fingerprint density at radius 1 is 1.03 bits per heavy atom. The van der Waals surface area contributed by atoms with Crippen LogP contribution >= 0.6 is 0 Å². The number of para-hydroxylation sites is 2. The van der Waals surface area contributed by atoms with Crippen molar-refractivity contribution < 1.29 is 14.4 Å². The van der Waals surface area contributed by atoms with Gasteiger partial charge in [0.1, 0.15) is 0 Å². The molecule has 2 aliphatic heterocycles. The topological polar surface area (TPSA) is 64.8 Å². The van der Waals surface area contributed by atoms with Crippen molar-refractivity contribution in [3.05, 3.63) is 94.0 Å². The van der Waals surface area contributed by atoms with Crippen LogP contribution in [-0.4, -0.2) is 17.8 Å². The molecule has 156 valence electrons. The van der Waals surface area contributed by atoms with Crippen molar-refractivity contribution in [1.29, 1.82) is 0 Å². The summed E-state index contributed by atoms with van der Waals surface area (Å²) < 4.78 is 12.3. The summed E-state index contributed by atoms with van der Waals surface area (Å²) in [6, 6.07) is 21.3. The van der Waals surface area contributed by atoms with Crippen LogP contribution < -0.4 is 14.4 Å². The van der Waals surface area contributed by atoms with E-state index >= 15 is 0 Å². The van der Waals surface area contributed by atoms with Gasteiger partial charge in [0, 0.05) is 23.0 Å². The lowest BCUT2D eigenvalue weighted by Crippen LogP contribution is -2.57. The fourth-order valence-corrected chi connectivity index (χ4v) is 4.70. The molecule has 0 radical (unpaired) electrons. The quantitative estimate of drug-likeness (QED) is 0.398. The van der Waals surface area contributed by atoms with Crippen molar-refractivity contribution in [2.24, 2.45) is 0 Å². The summed E-state index contributed by atoms with van der Waals surface area (Å²) in [5.74, 6) is 0.838. The van der Waals surface area contributed by atoms with Crippen molar-refractivity contribution in [2.75, 3.05) is 12.0 Å². The summed E-state index contributed by atoms with van der Waals surface area (Å²) in [6.45, 7) is 4.31. The SMILES string of the molecule is COc1cc([N+](=O)[O-])cc2c1OC1(C=C2)N(c2ccccc2)c2ccccc2C1(C)C. The molecule has 6 heteroatoms. The van der Waals surface area contributed by atoms with Crippen LogP contribution in [0.25, 0.3) is 6.08 Å². The molecule has 0 saturated carbocycles. The molecule has 0 bridgehead atoms. The Bertz CT molecular complexity index is 1220. The predicted molar refractivity (Wildman–Crippen MR) is 120 cm³/mol. The van der Waals surface area contributed by atoms with Crippen LogP contribution in [-0.2, 0) is 5.41 Å². The van der Waals surface area contributed by atoms with Crippen molar-refractivity contribution in [2.45, 2.75) is 25.0 Å². The second kappa shape index (κ2) is 6.60. The molecule has 0 saturated heterocycles. The third-order valence-electron chi connectivity index (χ3n) is 6.31. The highest BCUT2D eigenvalue weighted by Gasteiger charge is 2.59. The summed E-state index contributed by atoms with van der Waals surface area (Å²) >= 11 is 0. The highest BCUT2D eigenvalue weighted by atomic mass is 16.6. The standard InChI is InChI=1S/C25H22N2O4/c1-24(2)20-11-7-8-12-21(20)26(18-9-5-4-6-10-18)25(24)14-13-17-15-19(27(28)29)16-22(30-3)23(17)31-25/h4-16H,1-3H3. The van der Waals surface area contributed by atoms with E-state index in [1.54, 1.807) is 0 Å². The number of hydrogen-bond acceptors (Lipinski definition) is 5. The second-order valence-corrected chi connectivity index (χ2v) is 8.27. The minimum Gasteiger partial charge on any atom is -0.493 e. The Balaban J connectivity index is 1.76. The van der Waals surface area contributed by atoms with Gasteiger partial charge in [0.25, 0.3) is 5.69 Å². The number of ether oxygens (including phenoxy) is 2. The number of benzene rings is 3. The number of methoxy groups -OCH3 is 1. The molecule has 3 aromatic rings. The summed E-state index contributed by atoms with van der Waals surface area (Å²) in [7, 11) is 1.50. The lowest BCUT2D eigenvalue weighted by atomic mass is 9.76. The van der Waals surface area contributed by atoms with Gasteiger partial charge in [0.15, 0.2) is 11.5 Å². The van der Waals surface area contributed by atoms with Crippen LogP contribution in [0.5, 0.6) is 11.5 Å². The van der Waals surface area contributed by atoms with Gasteiger partial charge in [0.05, 0.1) is 23.5 Å². The lowest BCUT2D eigenvalue weighted by Gasteiger charge is -2.47. The molecule has 1 atom stereocenters. The Labute approximate surface area is 180 Å². The number of nitro groups is 1. The average Bonchev–Trinajstić information content (AvgIpc) is 2.97. The maximum absolute atomic E-state index is 11.4. The first-order chi connectivity index (χ1) is 14.9. The van der Waals surface area contributed by atoms with Crippen LogP contribution in [0.4, 0.5) is 17.1 Å². The van der Waals surface area contributed by atoms with Gasteiger partial charge in [-0.15, -0.1) is 0 Å². The molecule has 2 aliphatic rings. The summed E-state index contributed by atoms with van der Waals surface area (Å²) in [5, 5.41) is 11.4. The first-order valence-corrected chi connectivity index (χ1v) is 10.1. The summed E-state index contributed by atoms with van der Waals surface area (Å²) in [4.78, 5) is 13.1. The van der Waals surface area contributed by atoms with E-state index in [-0.39, 0.29) is 5.69 Å². The molecule has 0 fully saturated rings. The molecule has 0 aliphatic carbocycles. The maximum Gasteiger partial charge on any atom is 0.274 e.